The molecule has 1 saturated heterocycles. The van der Waals surface area contributed by atoms with Crippen LogP contribution >= 0.6 is 0 Å². The fraction of sp³-hybridized carbons (Fsp3) is 0.333. The molecule has 0 bridgehead atoms. The fourth-order valence-electron chi connectivity index (χ4n) is 4.85. The lowest BCUT2D eigenvalue weighted by atomic mass is 10.2. The van der Waals surface area contributed by atoms with Crippen molar-refractivity contribution in [3.8, 4) is 0 Å². The summed E-state index contributed by atoms with van der Waals surface area (Å²) in [4.78, 5) is 0.236. The van der Waals surface area contributed by atoms with Crippen molar-refractivity contribution in [2.45, 2.75) is 43.4 Å². The number of hydrogen-bond acceptors (Lipinski definition) is 4. The van der Waals surface area contributed by atoms with Crippen molar-refractivity contribution < 1.29 is 18.3 Å². The largest absolute Gasteiger partial charge is 0.390 e. The topological polar surface area (TPSA) is 71.8 Å². The Balaban J connectivity index is 1.45. The van der Waals surface area contributed by atoms with Gasteiger partial charge in [-0.05, 0) is 44.0 Å². The average Bonchev–Trinajstić information content (AvgIpc) is 3.46. The molecule has 0 spiro atoms. The highest BCUT2D eigenvalue weighted by molar-refractivity contribution is 7.89. The maximum absolute atomic E-state index is 13.5. The zero-order valence-corrected chi connectivity index (χ0v) is 20.1. The molecule has 0 unspecified atom stereocenters. The standard InChI is InChI=1S/C27H30N2O4S/c1-20-12-14-23(15-13-20)34(31,32)28(19-22-7-6-16-33-22)17-21(30)18-29-26-10-4-2-8-24(26)25-9-3-5-11-27(25)29/h2-5,8-15,21-22,30H,6-7,16-19H2,1H3/t21-,22-/m1/s1. The third-order valence-corrected chi connectivity index (χ3v) is 8.42. The van der Waals surface area contributed by atoms with Crippen LogP contribution in [0.25, 0.3) is 21.8 Å². The summed E-state index contributed by atoms with van der Waals surface area (Å²) >= 11 is 0. The van der Waals surface area contributed by atoms with E-state index in [0.29, 0.717) is 13.2 Å². The second-order valence-electron chi connectivity index (χ2n) is 9.07. The molecule has 0 amide bonds. The molecule has 178 valence electrons. The van der Waals surface area contributed by atoms with E-state index in [1.165, 1.54) is 4.31 Å². The number of hydrogen-bond donors (Lipinski definition) is 1. The number of sulfonamides is 1. The molecule has 0 aliphatic carbocycles. The number of aryl methyl sites for hydroxylation is 1. The van der Waals surface area contributed by atoms with Crippen molar-refractivity contribution >= 4 is 31.8 Å². The Morgan fingerprint density at radius 1 is 1.00 bits per heavy atom. The molecule has 0 radical (unpaired) electrons. The molecule has 6 nitrogen and oxygen atoms in total. The van der Waals surface area contributed by atoms with E-state index in [1.54, 1.807) is 24.3 Å². The first-order valence-electron chi connectivity index (χ1n) is 11.8. The van der Waals surface area contributed by atoms with Gasteiger partial charge in [0.1, 0.15) is 0 Å². The van der Waals surface area contributed by atoms with Gasteiger partial charge in [0, 0.05) is 41.5 Å². The number of fused-ring (bicyclic) bond motifs is 3. The van der Waals surface area contributed by atoms with Crippen LogP contribution in [0.4, 0.5) is 0 Å². The highest BCUT2D eigenvalue weighted by Crippen LogP contribution is 2.29. The van der Waals surface area contributed by atoms with Gasteiger partial charge >= 0.3 is 0 Å². The summed E-state index contributed by atoms with van der Waals surface area (Å²) < 4.78 is 36.3. The minimum absolute atomic E-state index is 0.00307. The monoisotopic (exact) mass is 478 g/mol. The van der Waals surface area contributed by atoms with E-state index in [-0.39, 0.29) is 24.1 Å². The van der Waals surface area contributed by atoms with Crippen LogP contribution < -0.4 is 0 Å². The molecule has 4 aromatic rings. The third-order valence-electron chi connectivity index (χ3n) is 6.58. The first-order valence-corrected chi connectivity index (χ1v) is 13.2. The number of rotatable bonds is 8. The molecule has 2 atom stereocenters. The molecule has 7 heteroatoms. The Bertz CT molecular complexity index is 1340. The van der Waals surface area contributed by atoms with Gasteiger partial charge in [-0.1, -0.05) is 54.1 Å². The maximum atomic E-state index is 13.5. The van der Waals surface area contributed by atoms with E-state index in [0.717, 1.165) is 40.2 Å². The summed E-state index contributed by atoms with van der Waals surface area (Å²) in [5, 5.41) is 13.4. The van der Waals surface area contributed by atoms with E-state index < -0.39 is 16.1 Å². The molecule has 3 aromatic carbocycles. The molecule has 0 saturated carbocycles. The summed E-state index contributed by atoms with van der Waals surface area (Å²) in [5.41, 5.74) is 3.04. The summed E-state index contributed by atoms with van der Waals surface area (Å²) in [7, 11) is -3.78. The van der Waals surface area contributed by atoms with Gasteiger partial charge in [-0.2, -0.15) is 4.31 Å². The van der Waals surface area contributed by atoms with Crippen LogP contribution in [0.5, 0.6) is 0 Å². The summed E-state index contributed by atoms with van der Waals surface area (Å²) in [6, 6.07) is 23.1. The van der Waals surface area contributed by atoms with Gasteiger partial charge in [0.05, 0.1) is 23.6 Å². The first kappa shape index (κ1) is 23.1. The van der Waals surface area contributed by atoms with Crippen LogP contribution in [-0.2, 0) is 21.3 Å². The third kappa shape index (κ3) is 4.49. The van der Waals surface area contributed by atoms with Crippen molar-refractivity contribution in [3.63, 3.8) is 0 Å². The minimum atomic E-state index is -3.78. The maximum Gasteiger partial charge on any atom is 0.243 e. The van der Waals surface area contributed by atoms with E-state index in [1.807, 2.05) is 43.3 Å². The lowest BCUT2D eigenvalue weighted by Gasteiger charge is -2.27. The lowest BCUT2D eigenvalue weighted by molar-refractivity contribution is 0.0751. The predicted octanol–water partition coefficient (Wildman–Crippen LogP) is 4.33. The number of para-hydroxylation sites is 2. The molecule has 5 rings (SSSR count). The van der Waals surface area contributed by atoms with Crippen LogP contribution in [-0.4, -0.2) is 54.3 Å². The van der Waals surface area contributed by atoms with Gasteiger partial charge in [-0.3, -0.25) is 0 Å². The Morgan fingerprint density at radius 3 is 2.21 bits per heavy atom. The van der Waals surface area contributed by atoms with E-state index in [9.17, 15) is 13.5 Å². The van der Waals surface area contributed by atoms with Crippen molar-refractivity contribution in [2.75, 3.05) is 19.7 Å². The smallest absolute Gasteiger partial charge is 0.243 e. The molecule has 34 heavy (non-hydrogen) atoms. The highest BCUT2D eigenvalue weighted by Gasteiger charge is 2.31. The molecule has 1 aromatic heterocycles. The highest BCUT2D eigenvalue weighted by atomic mass is 32.2. The van der Waals surface area contributed by atoms with Gasteiger partial charge < -0.3 is 14.4 Å². The Kier molecular flexibility index (Phi) is 6.44. The molecular weight excluding hydrogens is 448 g/mol. The van der Waals surface area contributed by atoms with E-state index in [4.69, 9.17) is 4.74 Å². The summed E-state index contributed by atoms with van der Waals surface area (Å²) in [5.74, 6) is 0. The number of benzene rings is 3. The van der Waals surface area contributed by atoms with Gasteiger partial charge in [-0.15, -0.1) is 0 Å². The second kappa shape index (κ2) is 9.50. The summed E-state index contributed by atoms with van der Waals surface area (Å²) in [6.45, 7) is 3.10. The van der Waals surface area contributed by atoms with Crippen molar-refractivity contribution in [1.82, 2.24) is 8.87 Å². The quantitative estimate of drug-likeness (QED) is 0.409. The predicted molar refractivity (Wildman–Crippen MR) is 134 cm³/mol. The second-order valence-corrected chi connectivity index (χ2v) is 11.0. The Labute approximate surface area is 200 Å². The molecule has 1 aliphatic heterocycles. The molecule has 1 aliphatic rings. The lowest BCUT2D eigenvalue weighted by Crippen LogP contribution is -2.43. The number of aromatic nitrogens is 1. The zero-order chi connectivity index (χ0) is 23.7. The number of aliphatic hydroxyl groups excluding tert-OH is 1. The average molecular weight is 479 g/mol. The zero-order valence-electron chi connectivity index (χ0n) is 19.3. The first-order chi connectivity index (χ1) is 16.4. The number of ether oxygens (including phenoxy) is 1. The number of nitrogens with zero attached hydrogens (tertiary/aromatic N) is 2. The molecule has 2 heterocycles. The van der Waals surface area contributed by atoms with E-state index in [2.05, 4.69) is 16.7 Å². The van der Waals surface area contributed by atoms with Crippen LogP contribution in [0.1, 0.15) is 18.4 Å². The fourth-order valence-corrected chi connectivity index (χ4v) is 6.36. The van der Waals surface area contributed by atoms with Gasteiger partial charge in [0.2, 0.25) is 10.0 Å². The van der Waals surface area contributed by atoms with Crippen LogP contribution in [0, 0.1) is 6.92 Å². The summed E-state index contributed by atoms with van der Waals surface area (Å²) in [6.07, 6.45) is 0.706. The molecule has 1 N–H and O–H groups in total. The van der Waals surface area contributed by atoms with Crippen LogP contribution in [0.15, 0.2) is 77.7 Å². The minimum Gasteiger partial charge on any atom is -0.390 e. The Hall–Kier alpha value is -2.71. The normalized spacial score (nSPS) is 17.7. The van der Waals surface area contributed by atoms with Crippen molar-refractivity contribution in [2.24, 2.45) is 0 Å². The Morgan fingerprint density at radius 2 is 1.62 bits per heavy atom. The molecule has 1 fully saturated rings. The SMILES string of the molecule is Cc1ccc(S(=O)(=O)N(C[C@@H](O)Cn2c3ccccc3c3ccccc32)C[C@H]2CCCO2)cc1. The van der Waals surface area contributed by atoms with Crippen molar-refractivity contribution in [3.05, 3.63) is 78.4 Å². The van der Waals surface area contributed by atoms with Gasteiger partial charge in [-0.25, -0.2) is 8.42 Å². The molecular formula is C27H30N2O4S. The van der Waals surface area contributed by atoms with Gasteiger partial charge in [0.15, 0.2) is 0 Å². The van der Waals surface area contributed by atoms with Crippen molar-refractivity contribution in [1.29, 1.82) is 0 Å². The number of aliphatic hydroxyl groups is 1. The van der Waals surface area contributed by atoms with Crippen LogP contribution in [0.2, 0.25) is 0 Å². The van der Waals surface area contributed by atoms with E-state index >= 15 is 0 Å². The van der Waals surface area contributed by atoms with Crippen LogP contribution in [0.3, 0.4) is 0 Å². The van der Waals surface area contributed by atoms with Gasteiger partial charge in [0.25, 0.3) is 0 Å².